The molecule has 7 heteroatoms. The average molecular weight is 325 g/mol. The van der Waals surface area contributed by atoms with Crippen LogP contribution in [0.2, 0.25) is 0 Å². The quantitative estimate of drug-likeness (QED) is 0.895. The van der Waals surface area contributed by atoms with E-state index < -0.39 is 6.09 Å². The molecular weight excluding hydrogens is 306 g/mol. The first kappa shape index (κ1) is 15.9. The van der Waals surface area contributed by atoms with Gasteiger partial charge < -0.3 is 10.5 Å². The van der Waals surface area contributed by atoms with Crippen LogP contribution in [0.5, 0.6) is 0 Å². The molecule has 0 saturated heterocycles. The lowest BCUT2D eigenvalue weighted by atomic mass is 10.0. The highest BCUT2D eigenvalue weighted by Gasteiger charge is 2.21. The maximum atomic E-state index is 11.5. The molecule has 3 rings (SSSR count). The topological polar surface area (TPSA) is 102 Å². The molecule has 1 aromatic carbocycles. The van der Waals surface area contributed by atoms with Gasteiger partial charge in [-0.1, -0.05) is 30.3 Å². The molecule has 3 N–H and O–H groups in total. The number of aromatic nitrogens is 1. The Morgan fingerprint density at radius 1 is 1.29 bits per heavy atom. The second-order valence-electron chi connectivity index (χ2n) is 5.46. The molecule has 1 unspecified atom stereocenters. The fraction of sp³-hybridized carbons (Fsp3) is 0.294. The lowest BCUT2D eigenvalue weighted by molar-refractivity contribution is 0.168. The van der Waals surface area contributed by atoms with Crippen LogP contribution in [0.15, 0.2) is 46.4 Å². The van der Waals surface area contributed by atoms with Crippen molar-refractivity contribution < 1.29 is 9.53 Å². The van der Waals surface area contributed by atoms with Crippen LogP contribution in [0.1, 0.15) is 25.5 Å². The van der Waals surface area contributed by atoms with Crippen LogP contribution >= 0.6 is 0 Å². The number of fused-ring (bicyclic) bond motifs is 1. The van der Waals surface area contributed by atoms with Gasteiger partial charge in [0.1, 0.15) is 11.2 Å². The van der Waals surface area contributed by atoms with E-state index in [2.05, 4.69) is 15.3 Å². The first-order valence-electron chi connectivity index (χ1n) is 7.79. The van der Waals surface area contributed by atoms with Gasteiger partial charge in [-0.05, 0) is 19.4 Å². The Balaban J connectivity index is 2.00. The summed E-state index contributed by atoms with van der Waals surface area (Å²) in [7, 11) is 0. The van der Waals surface area contributed by atoms with Crippen molar-refractivity contribution in [1.29, 1.82) is 0 Å². The summed E-state index contributed by atoms with van der Waals surface area (Å²) in [5.41, 5.74) is 7.10. The Labute approximate surface area is 139 Å². The molecule has 1 aliphatic heterocycles. The third-order valence-corrected chi connectivity index (χ3v) is 3.71. The summed E-state index contributed by atoms with van der Waals surface area (Å²) in [5, 5.41) is 3.71. The van der Waals surface area contributed by atoms with E-state index in [0.29, 0.717) is 16.5 Å². The van der Waals surface area contributed by atoms with Crippen molar-refractivity contribution in [2.45, 2.75) is 25.9 Å². The predicted molar refractivity (Wildman–Crippen MR) is 90.3 cm³/mol. The Morgan fingerprint density at radius 3 is 2.75 bits per heavy atom. The Morgan fingerprint density at radius 2 is 2.04 bits per heavy atom. The summed E-state index contributed by atoms with van der Waals surface area (Å²) in [6.45, 7) is 4.01. The standard InChI is InChI=1S/C17H19N5O2/c1-3-24-17(23)21-13-9-12-15(16(18)20-13)22-14(10(2)19-12)11-7-5-4-6-8-11/h4-10,14H,3H2,1-2H3,(H2,18,20)(H,21,23)/t10-,14?/m0/s1. The highest BCUT2D eigenvalue weighted by atomic mass is 16.5. The molecule has 2 aromatic rings. The molecule has 0 bridgehead atoms. The van der Waals surface area contributed by atoms with Crippen LogP contribution < -0.4 is 21.8 Å². The molecule has 0 radical (unpaired) electrons. The van der Waals surface area contributed by atoms with Gasteiger partial charge in [0.2, 0.25) is 0 Å². The number of pyridine rings is 1. The second kappa shape index (κ2) is 6.66. The number of amides is 1. The Bertz CT molecular complexity index is 867. The summed E-state index contributed by atoms with van der Waals surface area (Å²) >= 11 is 0. The number of ether oxygens (including phenoxy) is 1. The van der Waals surface area contributed by atoms with Gasteiger partial charge in [0.05, 0.1) is 24.0 Å². The van der Waals surface area contributed by atoms with Crippen LogP contribution in [0.4, 0.5) is 16.4 Å². The van der Waals surface area contributed by atoms with E-state index in [-0.39, 0.29) is 24.5 Å². The third kappa shape index (κ3) is 3.19. The molecule has 2 atom stereocenters. The van der Waals surface area contributed by atoms with Crippen molar-refractivity contribution in [3.63, 3.8) is 0 Å². The van der Waals surface area contributed by atoms with Gasteiger partial charge in [-0.25, -0.2) is 9.78 Å². The summed E-state index contributed by atoms with van der Waals surface area (Å²) in [6.07, 6.45) is -0.577. The Kier molecular flexibility index (Phi) is 4.41. The molecule has 7 nitrogen and oxygen atoms in total. The van der Waals surface area contributed by atoms with Gasteiger partial charge in [0, 0.05) is 6.07 Å². The minimum absolute atomic E-state index is 0.0443. The van der Waals surface area contributed by atoms with Gasteiger partial charge in [-0.15, -0.1) is 0 Å². The molecule has 124 valence electrons. The monoisotopic (exact) mass is 325 g/mol. The van der Waals surface area contributed by atoms with Gasteiger partial charge in [0.15, 0.2) is 5.82 Å². The number of carbonyl (C=O) groups is 1. The lowest BCUT2D eigenvalue weighted by Gasteiger charge is -2.21. The summed E-state index contributed by atoms with van der Waals surface area (Å²) in [6, 6.07) is 11.5. The van der Waals surface area contributed by atoms with E-state index in [1.807, 2.05) is 37.3 Å². The molecule has 1 aromatic heterocycles. The normalized spacial score (nSPS) is 18.8. The molecule has 0 fully saturated rings. The van der Waals surface area contributed by atoms with Crippen LogP contribution in [-0.2, 0) is 4.74 Å². The van der Waals surface area contributed by atoms with E-state index in [1.165, 1.54) is 0 Å². The van der Waals surface area contributed by atoms with E-state index in [0.717, 1.165) is 5.56 Å². The maximum absolute atomic E-state index is 11.5. The largest absolute Gasteiger partial charge is 0.450 e. The zero-order chi connectivity index (χ0) is 17.1. The molecule has 24 heavy (non-hydrogen) atoms. The minimum Gasteiger partial charge on any atom is -0.450 e. The lowest BCUT2D eigenvalue weighted by Crippen LogP contribution is -2.37. The SMILES string of the molecule is CCOC(=O)Nc1cc2c(c(N)n1)=NC(c1ccccc1)[C@H](C)N=2. The number of nitrogens with two attached hydrogens (primary N) is 1. The highest BCUT2D eigenvalue weighted by molar-refractivity contribution is 5.83. The van der Waals surface area contributed by atoms with Crippen molar-refractivity contribution in [1.82, 2.24) is 4.98 Å². The Hall–Kier alpha value is -2.96. The number of anilines is 2. The molecule has 0 spiro atoms. The highest BCUT2D eigenvalue weighted by Crippen LogP contribution is 2.23. The van der Waals surface area contributed by atoms with Crippen molar-refractivity contribution in [3.8, 4) is 0 Å². The van der Waals surface area contributed by atoms with Gasteiger partial charge in [0.25, 0.3) is 0 Å². The van der Waals surface area contributed by atoms with Crippen molar-refractivity contribution >= 4 is 17.7 Å². The fourth-order valence-corrected chi connectivity index (χ4v) is 2.65. The maximum Gasteiger partial charge on any atom is 0.412 e. The van der Waals surface area contributed by atoms with Gasteiger partial charge in [-0.2, -0.15) is 0 Å². The van der Waals surface area contributed by atoms with Gasteiger partial charge >= 0.3 is 6.09 Å². The summed E-state index contributed by atoms with van der Waals surface area (Å²) < 4.78 is 4.84. The predicted octanol–water partition coefficient (Wildman–Crippen LogP) is 1.61. The van der Waals surface area contributed by atoms with Crippen LogP contribution in [0.3, 0.4) is 0 Å². The number of benzene rings is 1. The van der Waals surface area contributed by atoms with E-state index in [9.17, 15) is 4.79 Å². The van der Waals surface area contributed by atoms with E-state index in [1.54, 1.807) is 13.0 Å². The summed E-state index contributed by atoms with van der Waals surface area (Å²) in [5.74, 6) is 0.532. The number of rotatable bonds is 3. The van der Waals surface area contributed by atoms with E-state index in [4.69, 9.17) is 15.5 Å². The van der Waals surface area contributed by atoms with Crippen molar-refractivity contribution in [2.75, 3.05) is 17.7 Å². The second-order valence-corrected chi connectivity index (χ2v) is 5.46. The molecule has 1 aliphatic rings. The zero-order valence-electron chi connectivity index (χ0n) is 13.6. The number of nitrogen functional groups attached to an aromatic ring is 1. The average Bonchev–Trinajstić information content (AvgIpc) is 2.55. The van der Waals surface area contributed by atoms with Crippen molar-refractivity contribution in [2.24, 2.45) is 9.98 Å². The third-order valence-electron chi connectivity index (χ3n) is 3.71. The first-order valence-corrected chi connectivity index (χ1v) is 7.79. The fourth-order valence-electron chi connectivity index (χ4n) is 2.65. The number of carbonyl (C=O) groups excluding carboxylic acids is 1. The van der Waals surface area contributed by atoms with Crippen LogP contribution in [0, 0.1) is 0 Å². The van der Waals surface area contributed by atoms with Crippen LogP contribution in [0.25, 0.3) is 0 Å². The molecule has 0 saturated carbocycles. The van der Waals surface area contributed by atoms with Gasteiger partial charge in [-0.3, -0.25) is 15.3 Å². The minimum atomic E-state index is -0.577. The molecule has 0 aliphatic carbocycles. The molecule has 2 heterocycles. The molecule has 1 amide bonds. The van der Waals surface area contributed by atoms with Crippen molar-refractivity contribution in [3.05, 3.63) is 52.7 Å². The number of nitrogens with zero attached hydrogens (tertiary/aromatic N) is 3. The number of hydrogen-bond acceptors (Lipinski definition) is 6. The zero-order valence-corrected chi connectivity index (χ0v) is 13.6. The molecular formula is C17H19N5O2. The van der Waals surface area contributed by atoms with E-state index >= 15 is 0 Å². The number of nitrogens with one attached hydrogen (secondary N) is 1. The first-order chi connectivity index (χ1) is 11.6. The van der Waals surface area contributed by atoms with Crippen LogP contribution in [-0.4, -0.2) is 23.7 Å². The summed E-state index contributed by atoms with van der Waals surface area (Å²) in [4.78, 5) is 25.1. The number of hydrogen-bond donors (Lipinski definition) is 2. The smallest absolute Gasteiger partial charge is 0.412 e.